The SMILES string of the molecule is COc1ccccc1C(CC(=O)O)NC(=O)c1cc(OCC(C)(O)C(C)(C)C)n(-c2ccccc2F)n1. The van der Waals surface area contributed by atoms with Crippen molar-refractivity contribution in [2.24, 2.45) is 5.41 Å². The summed E-state index contributed by atoms with van der Waals surface area (Å²) in [6.07, 6.45) is -0.405. The molecule has 3 rings (SSSR count). The minimum absolute atomic E-state index is 0.0341. The summed E-state index contributed by atoms with van der Waals surface area (Å²) >= 11 is 0. The van der Waals surface area contributed by atoms with E-state index in [1.807, 2.05) is 20.8 Å². The molecule has 2 aromatic carbocycles. The smallest absolute Gasteiger partial charge is 0.305 e. The number of nitrogens with one attached hydrogen (secondary N) is 1. The number of aliphatic carboxylic acids is 1. The van der Waals surface area contributed by atoms with Gasteiger partial charge in [-0.3, -0.25) is 9.59 Å². The van der Waals surface area contributed by atoms with E-state index in [4.69, 9.17) is 9.47 Å². The van der Waals surface area contributed by atoms with Gasteiger partial charge in [-0.25, -0.2) is 4.39 Å². The number of aromatic nitrogens is 2. The number of hydrogen-bond acceptors (Lipinski definition) is 6. The molecule has 0 bridgehead atoms. The number of amides is 1. The van der Waals surface area contributed by atoms with E-state index < -0.39 is 41.2 Å². The number of aliphatic hydroxyl groups is 1. The molecule has 10 heteroatoms. The Morgan fingerprint density at radius 2 is 1.76 bits per heavy atom. The summed E-state index contributed by atoms with van der Waals surface area (Å²) in [6, 6.07) is 13.0. The van der Waals surface area contributed by atoms with Crippen LogP contribution in [0, 0.1) is 11.2 Å². The van der Waals surface area contributed by atoms with Crippen LogP contribution >= 0.6 is 0 Å². The van der Waals surface area contributed by atoms with Crippen molar-refractivity contribution in [3.63, 3.8) is 0 Å². The second-order valence-electron chi connectivity index (χ2n) is 9.91. The lowest BCUT2D eigenvalue weighted by Crippen LogP contribution is -2.45. The van der Waals surface area contributed by atoms with Crippen LogP contribution in [0.4, 0.5) is 4.39 Å². The average Bonchev–Trinajstić information content (AvgIpc) is 3.26. The first kappa shape index (κ1) is 27.7. The Balaban J connectivity index is 1.98. The number of methoxy groups -OCH3 is 1. The van der Waals surface area contributed by atoms with E-state index in [1.54, 1.807) is 37.3 Å². The third-order valence-electron chi connectivity index (χ3n) is 6.31. The highest BCUT2D eigenvalue weighted by atomic mass is 19.1. The van der Waals surface area contributed by atoms with Gasteiger partial charge in [-0.2, -0.15) is 9.78 Å². The lowest BCUT2D eigenvalue weighted by molar-refractivity contribution is -0.137. The van der Waals surface area contributed by atoms with Crippen molar-refractivity contribution in [2.45, 2.75) is 45.8 Å². The molecule has 0 aliphatic rings. The first-order chi connectivity index (χ1) is 17.3. The van der Waals surface area contributed by atoms with Crippen LogP contribution in [0.5, 0.6) is 11.6 Å². The molecule has 0 aliphatic carbocycles. The van der Waals surface area contributed by atoms with Crippen LogP contribution in [0.1, 0.15) is 56.2 Å². The van der Waals surface area contributed by atoms with Gasteiger partial charge in [0.1, 0.15) is 29.5 Å². The fourth-order valence-electron chi connectivity index (χ4n) is 3.40. The molecule has 0 radical (unpaired) electrons. The predicted molar refractivity (Wildman–Crippen MR) is 135 cm³/mol. The van der Waals surface area contributed by atoms with Crippen LogP contribution in [-0.4, -0.2) is 51.2 Å². The van der Waals surface area contributed by atoms with Crippen LogP contribution in [0.25, 0.3) is 5.69 Å². The summed E-state index contributed by atoms with van der Waals surface area (Å²) in [6.45, 7) is 7.02. The van der Waals surface area contributed by atoms with Gasteiger partial charge in [0.05, 0.1) is 19.6 Å². The largest absolute Gasteiger partial charge is 0.496 e. The maximum Gasteiger partial charge on any atom is 0.305 e. The molecule has 37 heavy (non-hydrogen) atoms. The Labute approximate surface area is 214 Å². The van der Waals surface area contributed by atoms with E-state index in [0.717, 1.165) is 4.68 Å². The first-order valence-corrected chi connectivity index (χ1v) is 11.7. The molecule has 198 valence electrons. The van der Waals surface area contributed by atoms with E-state index >= 15 is 0 Å². The highest BCUT2D eigenvalue weighted by molar-refractivity contribution is 5.93. The zero-order valence-electron chi connectivity index (χ0n) is 21.5. The number of carboxylic acids is 1. The Bertz CT molecular complexity index is 1270. The predicted octanol–water partition coefficient (Wildman–Crippen LogP) is 4.14. The van der Waals surface area contributed by atoms with Gasteiger partial charge in [0.25, 0.3) is 5.91 Å². The zero-order valence-corrected chi connectivity index (χ0v) is 21.5. The topological polar surface area (TPSA) is 123 Å². The number of nitrogens with zero attached hydrogens (tertiary/aromatic N) is 2. The van der Waals surface area contributed by atoms with Gasteiger partial charge in [0.15, 0.2) is 5.69 Å². The Morgan fingerprint density at radius 3 is 2.38 bits per heavy atom. The molecule has 0 saturated heterocycles. The molecule has 2 unspecified atom stereocenters. The van der Waals surface area contributed by atoms with Gasteiger partial charge in [-0.05, 0) is 30.5 Å². The van der Waals surface area contributed by atoms with Crippen LogP contribution in [0.15, 0.2) is 54.6 Å². The van der Waals surface area contributed by atoms with Crippen molar-refractivity contribution in [1.82, 2.24) is 15.1 Å². The number of carbonyl (C=O) groups excluding carboxylic acids is 1. The number of para-hydroxylation sites is 2. The average molecular weight is 514 g/mol. The molecule has 1 heterocycles. The molecule has 0 spiro atoms. The van der Waals surface area contributed by atoms with Crippen molar-refractivity contribution in [3.05, 3.63) is 71.7 Å². The van der Waals surface area contributed by atoms with E-state index in [-0.39, 0.29) is 23.9 Å². The second-order valence-corrected chi connectivity index (χ2v) is 9.91. The molecule has 3 aromatic rings. The summed E-state index contributed by atoms with van der Waals surface area (Å²) in [5.41, 5.74) is -1.39. The summed E-state index contributed by atoms with van der Waals surface area (Å²) < 4.78 is 27.0. The number of ether oxygens (including phenoxy) is 2. The van der Waals surface area contributed by atoms with Crippen molar-refractivity contribution in [3.8, 4) is 17.3 Å². The minimum atomic E-state index is -1.25. The maximum absolute atomic E-state index is 14.6. The number of halogens is 1. The summed E-state index contributed by atoms with van der Waals surface area (Å²) in [5, 5.41) is 27.2. The lowest BCUT2D eigenvalue weighted by atomic mass is 9.78. The fourth-order valence-corrected chi connectivity index (χ4v) is 3.40. The molecule has 1 amide bonds. The molecule has 1 aromatic heterocycles. The van der Waals surface area contributed by atoms with E-state index in [9.17, 15) is 24.2 Å². The standard InChI is InChI=1S/C27H32FN3O6/c1-26(2,3)27(4,35)16-37-23-14-20(30-31(23)21-12-8-7-11-18(21)28)25(34)29-19(15-24(32)33)17-10-6-9-13-22(17)36-5/h6-14,19,35H,15-16H2,1-5H3,(H,29,34)(H,32,33). The van der Waals surface area contributed by atoms with Crippen molar-refractivity contribution >= 4 is 11.9 Å². The Hall–Kier alpha value is -3.92. The number of rotatable bonds is 10. The molecular formula is C27H32FN3O6. The van der Waals surface area contributed by atoms with Crippen molar-refractivity contribution in [2.75, 3.05) is 13.7 Å². The lowest BCUT2D eigenvalue weighted by Gasteiger charge is -2.36. The van der Waals surface area contributed by atoms with Crippen molar-refractivity contribution < 1.29 is 33.7 Å². The minimum Gasteiger partial charge on any atom is -0.496 e. The van der Waals surface area contributed by atoms with Crippen LogP contribution < -0.4 is 14.8 Å². The maximum atomic E-state index is 14.6. The molecule has 0 saturated carbocycles. The molecular weight excluding hydrogens is 481 g/mol. The van der Waals surface area contributed by atoms with E-state index in [0.29, 0.717) is 11.3 Å². The monoisotopic (exact) mass is 513 g/mol. The fraction of sp³-hybridized carbons (Fsp3) is 0.370. The van der Waals surface area contributed by atoms with Gasteiger partial charge in [-0.1, -0.05) is 51.1 Å². The molecule has 3 N–H and O–H groups in total. The number of carbonyl (C=O) groups is 2. The van der Waals surface area contributed by atoms with Gasteiger partial charge in [0, 0.05) is 11.6 Å². The van der Waals surface area contributed by atoms with Gasteiger partial charge < -0.3 is 25.0 Å². The van der Waals surface area contributed by atoms with Gasteiger partial charge in [0.2, 0.25) is 5.88 Å². The van der Waals surface area contributed by atoms with Crippen LogP contribution in [-0.2, 0) is 4.79 Å². The summed E-state index contributed by atoms with van der Waals surface area (Å²) in [5.74, 6) is -1.96. The highest BCUT2D eigenvalue weighted by Gasteiger charge is 2.36. The van der Waals surface area contributed by atoms with Crippen LogP contribution in [0.2, 0.25) is 0 Å². The third-order valence-corrected chi connectivity index (χ3v) is 6.31. The Morgan fingerprint density at radius 1 is 1.11 bits per heavy atom. The normalized spacial score (nSPS) is 13.9. The third kappa shape index (κ3) is 6.45. The second kappa shape index (κ2) is 11.0. The number of hydrogen-bond donors (Lipinski definition) is 3. The van der Waals surface area contributed by atoms with E-state index in [1.165, 1.54) is 31.4 Å². The highest BCUT2D eigenvalue weighted by Crippen LogP contribution is 2.32. The van der Waals surface area contributed by atoms with Crippen LogP contribution in [0.3, 0.4) is 0 Å². The summed E-state index contributed by atoms with van der Waals surface area (Å²) in [7, 11) is 1.45. The van der Waals surface area contributed by atoms with Crippen molar-refractivity contribution in [1.29, 1.82) is 0 Å². The quantitative estimate of drug-likeness (QED) is 0.372. The van der Waals surface area contributed by atoms with Gasteiger partial charge >= 0.3 is 5.97 Å². The molecule has 0 aliphatic heterocycles. The van der Waals surface area contributed by atoms with E-state index in [2.05, 4.69) is 10.4 Å². The Kier molecular flexibility index (Phi) is 8.22. The molecule has 9 nitrogen and oxygen atoms in total. The first-order valence-electron chi connectivity index (χ1n) is 11.7. The summed E-state index contributed by atoms with van der Waals surface area (Å²) in [4.78, 5) is 24.8. The molecule has 0 fully saturated rings. The zero-order chi connectivity index (χ0) is 27.4. The van der Waals surface area contributed by atoms with Gasteiger partial charge in [-0.15, -0.1) is 0 Å². The molecule has 2 atom stereocenters. The number of benzene rings is 2. The number of carboxylic acid groups (broad SMARTS) is 1.